The minimum atomic E-state index is -1.04. The molecule has 6 nitrogen and oxygen atoms in total. The van der Waals surface area contributed by atoms with Crippen LogP contribution < -0.4 is 5.73 Å². The number of aromatic nitrogens is 3. The van der Waals surface area contributed by atoms with Crippen LogP contribution in [0.4, 0.5) is 4.39 Å². The van der Waals surface area contributed by atoms with Gasteiger partial charge in [0.25, 0.3) is 0 Å². The average molecular weight is 347 g/mol. The van der Waals surface area contributed by atoms with Crippen molar-refractivity contribution in [2.75, 3.05) is 12.4 Å². The van der Waals surface area contributed by atoms with Crippen molar-refractivity contribution in [3.05, 3.63) is 47.5 Å². The molecule has 0 spiro atoms. The number of ketones is 1. The SMILES string of the molecule is Cn1cc(C(=O)Cc2ccnc([C@]3(CF)CCSC(N)=N3)c2)cn1. The number of nitrogens with two attached hydrogens (primary N) is 1. The first kappa shape index (κ1) is 16.6. The predicted molar refractivity (Wildman–Crippen MR) is 91.8 cm³/mol. The quantitative estimate of drug-likeness (QED) is 0.834. The Balaban J connectivity index is 1.86. The second-order valence-electron chi connectivity index (χ2n) is 5.77. The third-order valence-electron chi connectivity index (χ3n) is 4.00. The molecular weight excluding hydrogens is 329 g/mol. The number of Topliss-reactive ketones (excluding diaryl/α,β-unsaturated/α-hetero) is 1. The Morgan fingerprint density at radius 1 is 1.54 bits per heavy atom. The van der Waals surface area contributed by atoms with Crippen molar-refractivity contribution in [3.63, 3.8) is 0 Å². The molecule has 0 aliphatic carbocycles. The summed E-state index contributed by atoms with van der Waals surface area (Å²) in [5, 5.41) is 4.38. The number of hydrogen-bond donors (Lipinski definition) is 1. The molecule has 0 saturated heterocycles. The lowest BCUT2D eigenvalue weighted by Crippen LogP contribution is -2.34. The number of aliphatic imine (C=N–C) groups is 1. The number of nitrogens with zero attached hydrogens (tertiary/aromatic N) is 4. The molecule has 0 aromatic carbocycles. The van der Waals surface area contributed by atoms with Gasteiger partial charge in [-0.1, -0.05) is 11.8 Å². The maximum atomic E-state index is 13.8. The van der Waals surface area contributed by atoms with Gasteiger partial charge >= 0.3 is 0 Å². The molecule has 3 rings (SSSR count). The summed E-state index contributed by atoms with van der Waals surface area (Å²) in [4.78, 5) is 20.9. The van der Waals surface area contributed by atoms with Crippen LogP contribution >= 0.6 is 11.8 Å². The fraction of sp³-hybridized carbons (Fsp3) is 0.375. The monoisotopic (exact) mass is 347 g/mol. The topological polar surface area (TPSA) is 86.2 Å². The fourth-order valence-corrected chi connectivity index (χ4v) is 3.55. The Hall–Kier alpha value is -2.22. The Morgan fingerprint density at radius 2 is 2.38 bits per heavy atom. The molecule has 1 atom stereocenters. The first-order valence-corrected chi connectivity index (χ1v) is 8.52. The van der Waals surface area contributed by atoms with Crippen LogP contribution in [0.5, 0.6) is 0 Å². The largest absolute Gasteiger partial charge is 0.379 e. The summed E-state index contributed by atoms with van der Waals surface area (Å²) in [5.41, 5.74) is 6.58. The summed E-state index contributed by atoms with van der Waals surface area (Å²) < 4.78 is 15.3. The van der Waals surface area contributed by atoms with Crippen molar-refractivity contribution >= 4 is 22.7 Å². The van der Waals surface area contributed by atoms with Gasteiger partial charge in [-0.3, -0.25) is 14.5 Å². The van der Waals surface area contributed by atoms with Gasteiger partial charge in [-0.25, -0.2) is 9.38 Å². The molecule has 0 radical (unpaired) electrons. The van der Waals surface area contributed by atoms with Gasteiger partial charge in [0.1, 0.15) is 12.2 Å². The maximum absolute atomic E-state index is 13.8. The van der Waals surface area contributed by atoms with E-state index in [1.165, 1.54) is 18.0 Å². The highest BCUT2D eigenvalue weighted by Gasteiger charge is 2.36. The van der Waals surface area contributed by atoms with E-state index in [9.17, 15) is 9.18 Å². The zero-order chi connectivity index (χ0) is 17.2. The van der Waals surface area contributed by atoms with Crippen LogP contribution in [0.3, 0.4) is 0 Å². The lowest BCUT2D eigenvalue weighted by atomic mass is 9.91. The molecular formula is C16H18FN5OS. The molecule has 3 heterocycles. The Kier molecular flexibility index (Phi) is 4.66. The van der Waals surface area contributed by atoms with E-state index in [0.29, 0.717) is 28.6 Å². The van der Waals surface area contributed by atoms with Gasteiger partial charge < -0.3 is 5.73 Å². The van der Waals surface area contributed by atoms with Crippen LogP contribution in [0.15, 0.2) is 35.7 Å². The zero-order valence-corrected chi connectivity index (χ0v) is 14.1. The van der Waals surface area contributed by atoms with Gasteiger partial charge in [0.15, 0.2) is 11.0 Å². The van der Waals surface area contributed by atoms with Crippen molar-refractivity contribution in [2.24, 2.45) is 17.8 Å². The van der Waals surface area contributed by atoms with Gasteiger partial charge in [-0.15, -0.1) is 0 Å². The van der Waals surface area contributed by atoms with Crippen LogP contribution in [-0.2, 0) is 19.0 Å². The molecule has 0 fully saturated rings. The fourth-order valence-electron chi connectivity index (χ4n) is 2.67. The Bertz CT molecular complexity index is 790. The number of aryl methyl sites for hydroxylation is 1. The van der Waals surface area contributed by atoms with E-state index in [2.05, 4.69) is 15.1 Å². The number of alkyl halides is 1. The van der Waals surface area contributed by atoms with E-state index in [1.807, 2.05) is 0 Å². The van der Waals surface area contributed by atoms with Gasteiger partial charge in [-0.05, 0) is 24.1 Å². The normalized spacial score (nSPS) is 20.7. The molecule has 0 saturated carbocycles. The van der Waals surface area contributed by atoms with Gasteiger partial charge in [0.2, 0.25) is 0 Å². The molecule has 8 heteroatoms. The number of amidine groups is 1. The lowest BCUT2D eigenvalue weighted by molar-refractivity contribution is 0.0993. The first-order chi connectivity index (χ1) is 11.5. The summed E-state index contributed by atoms with van der Waals surface area (Å²) in [6.45, 7) is -0.665. The number of rotatable bonds is 5. The number of pyridine rings is 1. The van der Waals surface area contributed by atoms with Crippen LogP contribution in [0, 0.1) is 0 Å². The van der Waals surface area contributed by atoms with E-state index >= 15 is 0 Å². The minimum Gasteiger partial charge on any atom is -0.379 e. The lowest BCUT2D eigenvalue weighted by Gasteiger charge is -2.30. The first-order valence-electron chi connectivity index (χ1n) is 7.54. The Morgan fingerprint density at radius 3 is 3.04 bits per heavy atom. The van der Waals surface area contributed by atoms with Crippen LogP contribution in [0.1, 0.15) is 28.0 Å². The van der Waals surface area contributed by atoms with Crippen molar-refractivity contribution in [1.82, 2.24) is 14.8 Å². The second-order valence-corrected chi connectivity index (χ2v) is 6.88. The van der Waals surface area contributed by atoms with E-state index in [1.54, 1.807) is 36.3 Å². The Labute approximate surface area is 143 Å². The summed E-state index contributed by atoms with van der Waals surface area (Å²) in [6.07, 6.45) is 5.54. The number of hydrogen-bond acceptors (Lipinski definition) is 6. The highest BCUT2D eigenvalue weighted by atomic mass is 32.2. The molecule has 1 aliphatic heterocycles. The number of halogens is 1. The number of thioether (sulfide) groups is 1. The molecule has 2 aromatic rings. The molecule has 2 aromatic heterocycles. The van der Waals surface area contributed by atoms with E-state index < -0.39 is 12.2 Å². The summed E-state index contributed by atoms with van der Waals surface area (Å²) in [5.74, 6) is 0.650. The van der Waals surface area contributed by atoms with Crippen LogP contribution in [-0.4, -0.2) is 38.1 Å². The third-order valence-corrected chi connectivity index (χ3v) is 4.80. The van der Waals surface area contributed by atoms with Gasteiger partial charge in [-0.2, -0.15) is 5.10 Å². The van der Waals surface area contributed by atoms with Gasteiger partial charge in [0, 0.05) is 31.6 Å². The van der Waals surface area contributed by atoms with Gasteiger partial charge in [0.05, 0.1) is 17.5 Å². The summed E-state index contributed by atoms with van der Waals surface area (Å²) in [6, 6.07) is 3.51. The summed E-state index contributed by atoms with van der Waals surface area (Å²) >= 11 is 1.41. The molecule has 126 valence electrons. The second kappa shape index (κ2) is 6.72. The van der Waals surface area contributed by atoms with E-state index in [0.717, 1.165) is 5.56 Å². The van der Waals surface area contributed by atoms with Crippen LogP contribution in [0.2, 0.25) is 0 Å². The molecule has 0 unspecified atom stereocenters. The number of carbonyl (C=O) groups is 1. The van der Waals surface area contributed by atoms with Crippen molar-refractivity contribution < 1.29 is 9.18 Å². The zero-order valence-electron chi connectivity index (χ0n) is 13.3. The minimum absolute atomic E-state index is 0.0447. The highest BCUT2D eigenvalue weighted by molar-refractivity contribution is 8.13. The molecule has 0 amide bonds. The van der Waals surface area contributed by atoms with E-state index in [-0.39, 0.29) is 12.2 Å². The standard InChI is InChI=1S/C16H18FN5OS/c1-22-9-12(8-20-22)13(23)6-11-2-4-19-14(7-11)16(10-17)3-5-24-15(18)21-16/h2,4,7-9H,3,5-6,10H2,1H3,(H2,18,21)/t16-/m1/s1. The van der Waals surface area contributed by atoms with Crippen molar-refractivity contribution in [1.29, 1.82) is 0 Å². The highest BCUT2D eigenvalue weighted by Crippen LogP contribution is 2.35. The number of carbonyl (C=O) groups excluding carboxylic acids is 1. The smallest absolute Gasteiger partial charge is 0.170 e. The van der Waals surface area contributed by atoms with Crippen LogP contribution in [0.25, 0.3) is 0 Å². The molecule has 1 aliphatic rings. The molecule has 24 heavy (non-hydrogen) atoms. The predicted octanol–water partition coefficient (Wildman–Crippen LogP) is 1.86. The van der Waals surface area contributed by atoms with Crippen molar-refractivity contribution in [3.8, 4) is 0 Å². The average Bonchev–Trinajstić information content (AvgIpc) is 3.01. The molecule has 2 N–H and O–H groups in total. The third kappa shape index (κ3) is 3.33. The van der Waals surface area contributed by atoms with Crippen molar-refractivity contribution in [2.45, 2.75) is 18.4 Å². The molecule has 0 bridgehead atoms. The summed E-state index contributed by atoms with van der Waals surface area (Å²) in [7, 11) is 1.76. The van der Waals surface area contributed by atoms with E-state index in [4.69, 9.17) is 5.73 Å². The maximum Gasteiger partial charge on any atom is 0.170 e.